The lowest BCUT2D eigenvalue weighted by Gasteiger charge is -2.36. The molecule has 1 fully saturated rings. The number of hydrogen-bond donors (Lipinski definition) is 2. The van der Waals surface area contributed by atoms with Crippen molar-refractivity contribution in [1.29, 1.82) is 0 Å². The Morgan fingerprint density at radius 3 is 2.85 bits per heavy atom. The first kappa shape index (κ1) is 15.1. The third-order valence-corrected chi connectivity index (χ3v) is 4.14. The van der Waals surface area contributed by atoms with Crippen LogP contribution in [0.25, 0.3) is 0 Å². The highest BCUT2D eigenvalue weighted by Crippen LogP contribution is 2.29. The maximum atomic E-state index is 12.0. The first-order valence-electron chi connectivity index (χ1n) is 7.08. The highest BCUT2D eigenvalue weighted by molar-refractivity contribution is 6.31. The molecule has 5 heteroatoms. The van der Waals surface area contributed by atoms with Crippen molar-refractivity contribution in [3.63, 3.8) is 0 Å². The quantitative estimate of drug-likeness (QED) is 0.895. The van der Waals surface area contributed by atoms with E-state index in [0.717, 1.165) is 48.6 Å². The predicted molar refractivity (Wildman–Crippen MR) is 83.3 cm³/mol. The van der Waals surface area contributed by atoms with Crippen LogP contribution < -0.4 is 15.5 Å². The topological polar surface area (TPSA) is 44.4 Å². The molecule has 0 aromatic heterocycles. The first-order chi connectivity index (χ1) is 9.67. The Balaban J connectivity index is 2.23. The summed E-state index contributed by atoms with van der Waals surface area (Å²) >= 11 is 6.32. The van der Waals surface area contributed by atoms with Crippen LogP contribution >= 0.6 is 11.6 Å². The first-order valence-corrected chi connectivity index (χ1v) is 7.46. The SMILES string of the molecule is CNCc1ccc(N2CCCCC2C(=O)NC)cc1Cl. The van der Waals surface area contributed by atoms with Gasteiger partial charge in [-0.2, -0.15) is 0 Å². The van der Waals surface area contributed by atoms with E-state index >= 15 is 0 Å². The number of likely N-dealkylation sites (N-methyl/N-ethyl adjacent to an activating group) is 1. The van der Waals surface area contributed by atoms with E-state index in [1.807, 2.05) is 19.2 Å². The molecule has 1 atom stereocenters. The van der Waals surface area contributed by atoms with Crippen molar-refractivity contribution in [2.24, 2.45) is 0 Å². The zero-order chi connectivity index (χ0) is 14.5. The van der Waals surface area contributed by atoms with Gasteiger partial charge in [0, 0.05) is 30.8 Å². The van der Waals surface area contributed by atoms with Crippen molar-refractivity contribution in [2.45, 2.75) is 31.8 Å². The highest BCUT2D eigenvalue weighted by atomic mass is 35.5. The normalized spacial score (nSPS) is 18.9. The van der Waals surface area contributed by atoms with Gasteiger partial charge in [0.2, 0.25) is 5.91 Å². The summed E-state index contributed by atoms with van der Waals surface area (Å²) in [4.78, 5) is 14.2. The highest BCUT2D eigenvalue weighted by Gasteiger charge is 2.28. The van der Waals surface area contributed by atoms with E-state index in [9.17, 15) is 4.79 Å². The number of piperidine rings is 1. The average Bonchev–Trinajstić information content (AvgIpc) is 2.48. The van der Waals surface area contributed by atoms with Gasteiger partial charge >= 0.3 is 0 Å². The zero-order valence-electron chi connectivity index (χ0n) is 12.1. The average molecular weight is 296 g/mol. The van der Waals surface area contributed by atoms with E-state index in [0.29, 0.717) is 0 Å². The summed E-state index contributed by atoms with van der Waals surface area (Å²) in [6.07, 6.45) is 3.11. The molecule has 0 saturated carbocycles. The van der Waals surface area contributed by atoms with Crippen molar-refractivity contribution < 1.29 is 4.79 Å². The summed E-state index contributed by atoms with van der Waals surface area (Å²) < 4.78 is 0. The van der Waals surface area contributed by atoms with Gasteiger partial charge in [0.1, 0.15) is 6.04 Å². The van der Waals surface area contributed by atoms with Gasteiger partial charge in [-0.05, 0) is 44.0 Å². The van der Waals surface area contributed by atoms with E-state index in [1.165, 1.54) is 0 Å². The number of hydrogen-bond acceptors (Lipinski definition) is 3. The minimum absolute atomic E-state index is 0.0834. The molecule has 4 nitrogen and oxygen atoms in total. The molecule has 1 aliphatic rings. The summed E-state index contributed by atoms with van der Waals surface area (Å²) in [7, 11) is 3.59. The number of carbonyl (C=O) groups is 1. The third-order valence-electron chi connectivity index (χ3n) is 3.79. The van der Waals surface area contributed by atoms with Crippen molar-refractivity contribution in [1.82, 2.24) is 10.6 Å². The Kier molecular flexibility index (Phi) is 5.26. The smallest absolute Gasteiger partial charge is 0.242 e. The fourth-order valence-corrected chi connectivity index (χ4v) is 2.97. The molecule has 0 bridgehead atoms. The minimum atomic E-state index is -0.0834. The van der Waals surface area contributed by atoms with E-state index < -0.39 is 0 Å². The second-order valence-electron chi connectivity index (χ2n) is 5.13. The largest absolute Gasteiger partial charge is 0.359 e. The van der Waals surface area contributed by atoms with Gasteiger partial charge in [0.15, 0.2) is 0 Å². The van der Waals surface area contributed by atoms with Crippen molar-refractivity contribution in [3.8, 4) is 0 Å². The number of halogens is 1. The van der Waals surface area contributed by atoms with Crippen LogP contribution in [0.5, 0.6) is 0 Å². The molecule has 1 aromatic rings. The number of anilines is 1. The third kappa shape index (κ3) is 3.25. The fourth-order valence-electron chi connectivity index (χ4n) is 2.73. The van der Waals surface area contributed by atoms with E-state index in [4.69, 9.17) is 11.6 Å². The summed E-state index contributed by atoms with van der Waals surface area (Å²) in [5.74, 6) is 0.0834. The van der Waals surface area contributed by atoms with Crippen LogP contribution in [0.4, 0.5) is 5.69 Å². The van der Waals surface area contributed by atoms with E-state index in [1.54, 1.807) is 7.05 Å². The van der Waals surface area contributed by atoms with Gasteiger partial charge in [0.25, 0.3) is 0 Å². The van der Waals surface area contributed by atoms with Crippen molar-refractivity contribution in [2.75, 3.05) is 25.5 Å². The predicted octanol–water partition coefficient (Wildman–Crippen LogP) is 2.16. The number of carbonyl (C=O) groups excluding carboxylic acids is 1. The lowest BCUT2D eigenvalue weighted by atomic mass is 10.00. The molecule has 1 heterocycles. The van der Waals surface area contributed by atoms with Gasteiger partial charge < -0.3 is 15.5 Å². The van der Waals surface area contributed by atoms with Gasteiger partial charge in [-0.25, -0.2) is 0 Å². The number of nitrogens with one attached hydrogen (secondary N) is 2. The van der Waals surface area contributed by atoms with Gasteiger partial charge in [-0.15, -0.1) is 0 Å². The van der Waals surface area contributed by atoms with Gasteiger partial charge in [0.05, 0.1) is 0 Å². The van der Waals surface area contributed by atoms with Crippen molar-refractivity contribution in [3.05, 3.63) is 28.8 Å². The van der Waals surface area contributed by atoms with Gasteiger partial charge in [-0.3, -0.25) is 4.79 Å². The Morgan fingerprint density at radius 1 is 1.40 bits per heavy atom. The maximum absolute atomic E-state index is 12.0. The number of amides is 1. The fraction of sp³-hybridized carbons (Fsp3) is 0.533. The molecule has 0 spiro atoms. The Bertz CT molecular complexity index is 478. The number of benzene rings is 1. The molecule has 1 aromatic carbocycles. The maximum Gasteiger partial charge on any atom is 0.242 e. The number of rotatable bonds is 4. The molecule has 1 unspecified atom stereocenters. The van der Waals surface area contributed by atoms with Crippen LogP contribution in [0.1, 0.15) is 24.8 Å². The Morgan fingerprint density at radius 2 is 2.20 bits per heavy atom. The standard InChI is InChI=1S/C15H22ClN3O/c1-17-10-11-6-7-12(9-13(11)16)19-8-4-3-5-14(19)15(20)18-2/h6-7,9,14,17H,3-5,8,10H2,1-2H3,(H,18,20). The molecule has 0 aliphatic carbocycles. The van der Waals surface area contributed by atoms with Crippen molar-refractivity contribution >= 4 is 23.2 Å². The second kappa shape index (κ2) is 6.95. The number of nitrogens with zero attached hydrogens (tertiary/aromatic N) is 1. The summed E-state index contributed by atoms with van der Waals surface area (Å²) in [5, 5.41) is 6.60. The second-order valence-corrected chi connectivity index (χ2v) is 5.53. The molecular formula is C15H22ClN3O. The van der Waals surface area contributed by atoms with Crippen LogP contribution in [0.2, 0.25) is 5.02 Å². The van der Waals surface area contributed by atoms with E-state index in [-0.39, 0.29) is 11.9 Å². The molecule has 0 radical (unpaired) electrons. The van der Waals surface area contributed by atoms with Crippen LogP contribution in [0.15, 0.2) is 18.2 Å². The Labute approximate surface area is 125 Å². The van der Waals surface area contributed by atoms with Crippen LogP contribution in [0, 0.1) is 0 Å². The van der Waals surface area contributed by atoms with Gasteiger partial charge in [-0.1, -0.05) is 17.7 Å². The van der Waals surface area contributed by atoms with Crippen LogP contribution in [-0.4, -0.2) is 32.6 Å². The van der Waals surface area contributed by atoms with Crippen LogP contribution in [0.3, 0.4) is 0 Å². The lowest BCUT2D eigenvalue weighted by Crippen LogP contribution is -2.48. The lowest BCUT2D eigenvalue weighted by molar-refractivity contribution is -0.122. The molecule has 110 valence electrons. The monoisotopic (exact) mass is 295 g/mol. The molecule has 1 amide bonds. The van der Waals surface area contributed by atoms with E-state index in [2.05, 4.69) is 21.6 Å². The summed E-state index contributed by atoms with van der Waals surface area (Å²) in [6.45, 7) is 1.65. The molecule has 1 aliphatic heterocycles. The summed E-state index contributed by atoms with van der Waals surface area (Å²) in [6, 6.07) is 5.97. The molecular weight excluding hydrogens is 274 g/mol. The summed E-state index contributed by atoms with van der Waals surface area (Å²) in [5.41, 5.74) is 2.11. The zero-order valence-corrected chi connectivity index (χ0v) is 12.8. The molecule has 1 saturated heterocycles. The molecule has 2 N–H and O–H groups in total. The minimum Gasteiger partial charge on any atom is -0.359 e. The molecule has 20 heavy (non-hydrogen) atoms. The Hall–Kier alpha value is -1.26. The molecule has 2 rings (SSSR count). The van der Waals surface area contributed by atoms with Crippen LogP contribution in [-0.2, 0) is 11.3 Å².